The van der Waals surface area contributed by atoms with Crippen molar-refractivity contribution in [1.82, 2.24) is 10.9 Å². The largest absolute Gasteiger partial charge is 0.455 e. The predicted molar refractivity (Wildman–Crippen MR) is 117 cm³/mol. The molecule has 3 aromatic carbocycles. The number of hydrazine groups is 1. The fourth-order valence-electron chi connectivity index (χ4n) is 3.05. The van der Waals surface area contributed by atoms with Crippen LogP contribution in [0.4, 0.5) is 0 Å². The van der Waals surface area contributed by atoms with Crippen LogP contribution in [-0.2, 0) is 14.3 Å². The molecule has 0 aliphatic rings. The zero-order valence-electron chi connectivity index (χ0n) is 16.6. The van der Waals surface area contributed by atoms with E-state index in [1.807, 2.05) is 60.7 Å². The topological polar surface area (TPSA) is 84.5 Å². The first kappa shape index (κ1) is 22.1. The molecule has 0 aliphatic carbocycles. The molecule has 2 N–H and O–H groups in total. The van der Waals surface area contributed by atoms with Gasteiger partial charge < -0.3 is 4.74 Å². The Morgan fingerprint density at radius 2 is 1.32 bits per heavy atom. The van der Waals surface area contributed by atoms with Crippen molar-refractivity contribution in [3.8, 4) is 0 Å². The zero-order valence-corrected chi connectivity index (χ0v) is 17.3. The first-order valence-corrected chi connectivity index (χ1v) is 10.0. The van der Waals surface area contributed by atoms with Crippen LogP contribution in [-0.4, -0.2) is 24.4 Å². The van der Waals surface area contributed by atoms with Gasteiger partial charge in [-0.05, 0) is 23.3 Å². The van der Waals surface area contributed by atoms with Crippen molar-refractivity contribution in [3.63, 3.8) is 0 Å². The Bertz CT molecular complexity index is 1000. The Hall–Kier alpha value is -3.64. The molecule has 0 unspecified atom stereocenters. The molecule has 0 saturated carbocycles. The minimum absolute atomic E-state index is 0.0767. The van der Waals surface area contributed by atoms with E-state index in [1.54, 1.807) is 18.2 Å². The minimum atomic E-state index is -0.662. The van der Waals surface area contributed by atoms with Crippen molar-refractivity contribution < 1.29 is 19.1 Å². The average molecular weight is 437 g/mol. The number of hydrogen-bond acceptors (Lipinski definition) is 4. The molecular weight excluding hydrogens is 416 g/mol. The van der Waals surface area contributed by atoms with Crippen molar-refractivity contribution in [1.29, 1.82) is 0 Å². The quantitative estimate of drug-likeness (QED) is 0.435. The Kier molecular flexibility index (Phi) is 7.79. The van der Waals surface area contributed by atoms with Crippen LogP contribution < -0.4 is 10.9 Å². The van der Waals surface area contributed by atoms with Crippen LogP contribution in [0.5, 0.6) is 0 Å². The zero-order chi connectivity index (χ0) is 22.1. The molecule has 6 nitrogen and oxygen atoms in total. The summed E-state index contributed by atoms with van der Waals surface area (Å²) in [4.78, 5) is 36.4. The van der Waals surface area contributed by atoms with E-state index in [2.05, 4.69) is 10.9 Å². The molecule has 0 spiro atoms. The smallest absolute Gasteiger partial charge is 0.307 e. The molecular formula is C24H21ClN2O4. The third-order valence-corrected chi connectivity index (χ3v) is 4.90. The van der Waals surface area contributed by atoms with E-state index in [0.29, 0.717) is 0 Å². The number of carbonyl (C=O) groups is 3. The summed E-state index contributed by atoms with van der Waals surface area (Å²) >= 11 is 5.94. The van der Waals surface area contributed by atoms with Gasteiger partial charge in [-0.25, -0.2) is 0 Å². The van der Waals surface area contributed by atoms with Crippen molar-refractivity contribution in [2.75, 3.05) is 6.61 Å². The minimum Gasteiger partial charge on any atom is -0.455 e. The van der Waals surface area contributed by atoms with Gasteiger partial charge >= 0.3 is 5.97 Å². The van der Waals surface area contributed by atoms with Crippen molar-refractivity contribution in [3.05, 3.63) is 107 Å². The van der Waals surface area contributed by atoms with E-state index in [-0.39, 0.29) is 22.9 Å². The van der Waals surface area contributed by atoms with Crippen LogP contribution in [0.2, 0.25) is 5.02 Å². The van der Waals surface area contributed by atoms with Gasteiger partial charge in [-0.1, -0.05) is 84.4 Å². The SMILES string of the molecule is O=C(COC(=O)CC(c1ccccc1)c1ccccc1)NNC(=O)c1ccccc1Cl. The number of nitrogens with one attached hydrogen (secondary N) is 2. The summed E-state index contributed by atoms with van der Waals surface area (Å²) in [6, 6.07) is 25.7. The molecule has 3 rings (SSSR count). The van der Waals surface area contributed by atoms with Crippen LogP contribution in [0, 0.1) is 0 Å². The van der Waals surface area contributed by atoms with E-state index in [4.69, 9.17) is 16.3 Å². The van der Waals surface area contributed by atoms with Crippen molar-refractivity contribution >= 4 is 29.4 Å². The van der Waals surface area contributed by atoms with E-state index in [9.17, 15) is 14.4 Å². The van der Waals surface area contributed by atoms with Crippen molar-refractivity contribution in [2.45, 2.75) is 12.3 Å². The first-order valence-electron chi connectivity index (χ1n) is 9.64. The lowest BCUT2D eigenvalue weighted by Gasteiger charge is -2.17. The van der Waals surface area contributed by atoms with Crippen LogP contribution in [0.25, 0.3) is 0 Å². The van der Waals surface area contributed by atoms with Crippen LogP contribution in [0.15, 0.2) is 84.9 Å². The molecule has 0 saturated heterocycles. The molecule has 0 atom stereocenters. The lowest BCUT2D eigenvalue weighted by molar-refractivity contribution is -0.148. The molecule has 3 aromatic rings. The van der Waals surface area contributed by atoms with Gasteiger partial charge in [0.1, 0.15) is 0 Å². The lowest BCUT2D eigenvalue weighted by Crippen LogP contribution is -2.43. The Morgan fingerprint density at radius 3 is 1.90 bits per heavy atom. The average Bonchev–Trinajstić information content (AvgIpc) is 2.81. The highest BCUT2D eigenvalue weighted by Gasteiger charge is 2.20. The Labute approximate surface area is 185 Å². The van der Waals surface area contributed by atoms with Crippen LogP contribution >= 0.6 is 11.6 Å². The maximum Gasteiger partial charge on any atom is 0.307 e. The van der Waals surface area contributed by atoms with E-state index >= 15 is 0 Å². The lowest BCUT2D eigenvalue weighted by atomic mass is 9.89. The van der Waals surface area contributed by atoms with Gasteiger partial charge in [-0.15, -0.1) is 0 Å². The fourth-order valence-corrected chi connectivity index (χ4v) is 3.27. The highest BCUT2D eigenvalue weighted by atomic mass is 35.5. The van der Waals surface area contributed by atoms with Crippen LogP contribution in [0.1, 0.15) is 33.8 Å². The number of halogens is 1. The van der Waals surface area contributed by atoms with Gasteiger partial charge in [-0.2, -0.15) is 0 Å². The highest BCUT2D eigenvalue weighted by molar-refractivity contribution is 6.33. The molecule has 0 bridgehead atoms. The van der Waals surface area contributed by atoms with Gasteiger partial charge in [0.25, 0.3) is 11.8 Å². The van der Waals surface area contributed by atoms with Crippen LogP contribution in [0.3, 0.4) is 0 Å². The van der Waals surface area contributed by atoms with Crippen molar-refractivity contribution in [2.24, 2.45) is 0 Å². The molecule has 0 radical (unpaired) electrons. The van der Waals surface area contributed by atoms with Gasteiger partial charge in [0.2, 0.25) is 0 Å². The second-order valence-corrected chi connectivity index (χ2v) is 7.13. The normalized spacial score (nSPS) is 10.4. The molecule has 158 valence electrons. The summed E-state index contributed by atoms with van der Waals surface area (Å²) in [5.74, 6) is -1.95. The number of hydrogen-bond donors (Lipinski definition) is 2. The standard InChI is InChI=1S/C24H21ClN2O4/c25-21-14-8-7-13-19(21)24(30)27-26-22(28)16-31-23(29)15-20(17-9-3-1-4-10-17)18-11-5-2-6-12-18/h1-14,20H,15-16H2,(H,26,28)(H,27,30). The second kappa shape index (κ2) is 10.9. The first-order chi connectivity index (χ1) is 15.0. The maximum atomic E-state index is 12.4. The second-order valence-electron chi connectivity index (χ2n) is 6.72. The molecule has 0 aliphatic heterocycles. The molecule has 0 fully saturated rings. The van der Waals surface area contributed by atoms with E-state index in [1.165, 1.54) is 6.07 Å². The van der Waals surface area contributed by atoms with Gasteiger partial charge in [0, 0.05) is 5.92 Å². The summed E-state index contributed by atoms with van der Waals surface area (Å²) < 4.78 is 5.11. The number of benzene rings is 3. The summed E-state index contributed by atoms with van der Waals surface area (Å²) in [6.45, 7) is -0.516. The number of rotatable bonds is 7. The molecule has 0 aromatic heterocycles. The highest BCUT2D eigenvalue weighted by Crippen LogP contribution is 2.28. The summed E-state index contributed by atoms with van der Waals surface area (Å²) in [7, 11) is 0. The van der Waals surface area contributed by atoms with Gasteiger partial charge in [0.05, 0.1) is 17.0 Å². The Morgan fingerprint density at radius 1 is 0.774 bits per heavy atom. The maximum absolute atomic E-state index is 12.4. The van der Waals surface area contributed by atoms with Gasteiger partial charge in [0.15, 0.2) is 6.61 Å². The predicted octanol–water partition coefficient (Wildman–Crippen LogP) is 3.87. The third kappa shape index (κ3) is 6.42. The van der Waals surface area contributed by atoms with Gasteiger partial charge in [-0.3, -0.25) is 25.2 Å². The molecule has 7 heteroatoms. The third-order valence-electron chi connectivity index (χ3n) is 4.57. The number of amides is 2. The molecule has 2 amide bonds. The number of esters is 1. The van der Waals surface area contributed by atoms with E-state index in [0.717, 1.165) is 11.1 Å². The van der Waals surface area contributed by atoms with E-state index < -0.39 is 24.4 Å². The number of ether oxygens (including phenoxy) is 1. The summed E-state index contributed by atoms with van der Waals surface area (Å²) in [5, 5.41) is 0.258. The Balaban J connectivity index is 1.52. The summed E-state index contributed by atoms with van der Waals surface area (Å²) in [6.07, 6.45) is 0.0767. The number of carbonyl (C=O) groups excluding carboxylic acids is 3. The molecule has 31 heavy (non-hydrogen) atoms. The summed E-state index contributed by atoms with van der Waals surface area (Å²) in [5.41, 5.74) is 6.61. The fraction of sp³-hybridized carbons (Fsp3) is 0.125. The monoisotopic (exact) mass is 436 g/mol. The molecule has 0 heterocycles.